The van der Waals surface area contributed by atoms with Crippen molar-refractivity contribution < 1.29 is 18.0 Å². The molecule has 0 saturated heterocycles. The Morgan fingerprint density at radius 1 is 1.53 bits per heavy atom. The van der Waals surface area contributed by atoms with Crippen molar-refractivity contribution in [3.05, 3.63) is 39.2 Å². The molecule has 9 heteroatoms. The fourth-order valence-corrected chi connectivity index (χ4v) is 1.33. The summed E-state index contributed by atoms with van der Waals surface area (Å²) in [5.41, 5.74) is 7.03. The van der Waals surface area contributed by atoms with Gasteiger partial charge >= 0.3 is 6.18 Å². The lowest BCUT2D eigenvalue weighted by molar-refractivity contribution is -0.137. The molecule has 0 aliphatic carbocycles. The molecule has 1 amide bonds. The van der Waals surface area contributed by atoms with Crippen LogP contribution < -0.4 is 5.32 Å². The summed E-state index contributed by atoms with van der Waals surface area (Å²) in [6.45, 7) is 1.30. The molecule has 0 bridgehead atoms. The molecule has 1 N–H and O–H groups in total. The minimum absolute atomic E-state index is 0.0468. The van der Waals surface area contributed by atoms with Crippen molar-refractivity contribution in [3.63, 3.8) is 0 Å². The summed E-state index contributed by atoms with van der Waals surface area (Å²) in [5, 5.41) is 5.25. The third-order valence-electron chi connectivity index (χ3n) is 2.16. The second-order valence-corrected chi connectivity index (χ2v) is 3.97. The molecule has 1 aromatic rings. The molecule has 1 unspecified atom stereocenters. The van der Waals surface area contributed by atoms with Crippen molar-refractivity contribution in [3.8, 4) is 0 Å². The average Bonchev–Trinajstić information content (AvgIpc) is 2.30. The smallest absolute Gasteiger partial charge is 0.324 e. The Kier molecular flexibility index (Phi) is 4.63. The molecule has 0 fully saturated rings. The summed E-state index contributed by atoms with van der Waals surface area (Å²) >= 11 is 5.69. The van der Waals surface area contributed by atoms with Crippen LogP contribution in [0.25, 0.3) is 10.4 Å². The van der Waals surface area contributed by atoms with Gasteiger partial charge in [-0.05, 0) is 30.7 Å². The molecule has 0 aromatic heterocycles. The number of halogens is 4. The van der Waals surface area contributed by atoms with Gasteiger partial charge in [-0.2, -0.15) is 13.2 Å². The molecule has 0 aliphatic rings. The largest absolute Gasteiger partial charge is 0.416 e. The highest BCUT2D eigenvalue weighted by molar-refractivity contribution is 6.33. The number of nitrogens with zero attached hydrogens (tertiary/aromatic N) is 3. The van der Waals surface area contributed by atoms with E-state index in [-0.39, 0.29) is 10.7 Å². The van der Waals surface area contributed by atoms with Crippen LogP contribution in [0.15, 0.2) is 23.3 Å². The molecule has 19 heavy (non-hydrogen) atoms. The van der Waals surface area contributed by atoms with Gasteiger partial charge in [-0.25, -0.2) is 0 Å². The molecule has 5 nitrogen and oxygen atoms in total. The Morgan fingerprint density at radius 3 is 2.68 bits per heavy atom. The maximum absolute atomic E-state index is 12.5. The zero-order valence-corrected chi connectivity index (χ0v) is 10.3. The number of carbonyl (C=O) groups excluding carboxylic acids is 1. The third kappa shape index (κ3) is 4.04. The van der Waals surface area contributed by atoms with E-state index in [4.69, 9.17) is 17.1 Å². The Morgan fingerprint density at radius 2 is 2.16 bits per heavy atom. The fourth-order valence-electron chi connectivity index (χ4n) is 1.16. The highest BCUT2D eigenvalue weighted by atomic mass is 35.5. The van der Waals surface area contributed by atoms with E-state index in [1.165, 1.54) is 6.92 Å². The van der Waals surface area contributed by atoms with E-state index in [0.29, 0.717) is 6.07 Å². The normalized spacial score (nSPS) is 12.5. The number of carbonyl (C=O) groups is 1. The topological polar surface area (TPSA) is 77.9 Å². The third-order valence-corrected chi connectivity index (χ3v) is 2.49. The zero-order chi connectivity index (χ0) is 14.6. The molecule has 0 saturated carbocycles. The van der Waals surface area contributed by atoms with E-state index >= 15 is 0 Å². The van der Waals surface area contributed by atoms with Gasteiger partial charge in [0.05, 0.1) is 16.3 Å². The number of amides is 1. The number of nitrogens with one attached hydrogen (secondary N) is 1. The number of rotatable bonds is 3. The number of azide groups is 1. The molecule has 102 valence electrons. The number of hydrogen-bond donors (Lipinski definition) is 1. The highest BCUT2D eigenvalue weighted by Gasteiger charge is 2.31. The maximum Gasteiger partial charge on any atom is 0.416 e. The van der Waals surface area contributed by atoms with Crippen molar-refractivity contribution >= 4 is 23.2 Å². The van der Waals surface area contributed by atoms with Crippen LogP contribution in [-0.4, -0.2) is 11.9 Å². The first kappa shape index (κ1) is 15.1. The van der Waals surface area contributed by atoms with Crippen LogP contribution in [0.4, 0.5) is 18.9 Å². The lowest BCUT2D eigenvalue weighted by Gasteiger charge is -2.12. The van der Waals surface area contributed by atoms with Crippen LogP contribution in [0.5, 0.6) is 0 Å². The first-order valence-electron chi connectivity index (χ1n) is 4.97. The summed E-state index contributed by atoms with van der Waals surface area (Å²) in [7, 11) is 0. The van der Waals surface area contributed by atoms with Crippen molar-refractivity contribution in [1.29, 1.82) is 0 Å². The molecule has 0 heterocycles. The number of alkyl halides is 3. The molecule has 1 atom stereocenters. The Bertz CT molecular complexity index is 540. The summed E-state index contributed by atoms with van der Waals surface area (Å²) in [6, 6.07) is 1.48. The van der Waals surface area contributed by atoms with Gasteiger partial charge in [0.15, 0.2) is 0 Å². The highest BCUT2D eigenvalue weighted by Crippen LogP contribution is 2.33. The average molecular weight is 293 g/mol. The Hall–Kier alpha value is -1.92. The lowest BCUT2D eigenvalue weighted by atomic mass is 10.2. The van der Waals surface area contributed by atoms with Gasteiger partial charge in [-0.15, -0.1) is 0 Å². The Balaban J connectivity index is 3.01. The van der Waals surface area contributed by atoms with Gasteiger partial charge in [-0.1, -0.05) is 16.7 Å². The molecular formula is C10H8ClF3N4O. The lowest BCUT2D eigenvalue weighted by Crippen LogP contribution is -2.23. The molecule has 1 rings (SSSR count). The molecule has 0 spiro atoms. The fraction of sp³-hybridized carbons (Fsp3) is 0.300. The van der Waals surface area contributed by atoms with Gasteiger partial charge in [0.2, 0.25) is 5.91 Å². The summed E-state index contributed by atoms with van der Waals surface area (Å²) in [5.74, 6) is -0.751. The molecule has 0 radical (unpaired) electrons. The van der Waals surface area contributed by atoms with Gasteiger partial charge < -0.3 is 5.32 Å². The summed E-state index contributed by atoms with van der Waals surface area (Å²) < 4.78 is 37.5. The second kappa shape index (κ2) is 5.81. The van der Waals surface area contributed by atoms with E-state index in [2.05, 4.69) is 15.3 Å². The van der Waals surface area contributed by atoms with E-state index in [0.717, 1.165) is 12.1 Å². The van der Waals surface area contributed by atoms with Crippen molar-refractivity contribution in [2.24, 2.45) is 5.11 Å². The monoisotopic (exact) mass is 292 g/mol. The van der Waals surface area contributed by atoms with Crippen LogP contribution in [0.3, 0.4) is 0 Å². The van der Waals surface area contributed by atoms with Crippen LogP contribution >= 0.6 is 11.6 Å². The number of hydrogen-bond acceptors (Lipinski definition) is 2. The predicted octanol–water partition coefficient (Wildman–Crippen LogP) is 4.00. The summed E-state index contributed by atoms with van der Waals surface area (Å²) in [4.78, 5) is 13.9. The SMILES string of the molecule is CC(N=[N+]=[N-])C(=O)Nc1cc(C(F)(F)F)ccc1Cl. The van der Waals surface area contributed by atoms with Gasteiger partial charge in [0, 0.05) is 4.91 Å². The summed E-state index contributed by atoms with van der Waals surface area (Å²) in [6.07, 6.45) is -4.54. The van der Waals surface area contributed by atoms with Crippen LogP contribution in [0.1, 0.15) is 12.5 Å². The van der Waals surface area contributed by atoms with Gasteiger partial charge in [-0.3, -0.25) is 4.79 Å². The van der Waals surface area contributed by atoms with Crippen molar-refractivity contribution in [1.82, 2.24) is 0 Å². The van der Waals surface area contributed by atoms with Crippen LogP contribution in [0.2, 0.25) is 5.02 Å². The Labute approximate surface area is 111 Å². The van der Waals surface area contributed by atoms with Crippen molar-refractivity contribution in [2.75, 3.05) is 5.32 Å². The molecular weight excluding hydrogens is 285 g/mol. The van der Waals surface area contributed by atoms with Gasteiger partial charge in [0.1, 0.15) is 6.04 Å². The quantitative estimate of drug-likeness (QED) is 0.510. The zero-order valence-electron chi connectivity index (χ0n) is 9.57. The predicted molar refractivity (Wildman–Crippen MR) is 63.7 cm³/mol. The van der Waals surface area contributed by atoms with Crippen molar-refractivity contribution in [2.45, 2.75) is 19.1 Å². The second-order valence-electron chi connectivity index (χ2n) is 3.56. The molecule has 0 aliphatic heterocycles. The molecule has 1 aromatic carbocycles. The number of benzene rings is 1. The van der Waals surface area contributed by atoms with E-state index in [9.17, 15) is 18.0 Å². The first-order valence-corrected chi connectivity index (χ1v) is 5.35. The van der Waals surface area contributed by atoms with E-state index in [1.807, 2.05) is 0 Å². The first-order chi connectivity index (χ1) is 8.75. The minimum atomic E-state index is -4.54. The number of anilines is 1. The van der Waals surface area contributed by atoms with Crippen LogP contribution in [0, 0.1) is 0 Å². The van der Waals surface area contributed by atoms with Gasteiger partial charge in [0.25, 0.3) is 0 Å². The van der Waals surface area contributed by atoms with E-state index < -0.39 is 23.7 Å². The standard InChI is InChI=1S/C10H8ClF3N4O/c1-5(17-18-15)9(19)16-8-4-6(10(12,13)14)2-3-7(8)11/h2-5H,1H3,(H,16,19). The minimum Gasteiger partial charge on any atom is -0.324 e. The maximum atomic E-state index is 12.5. The van der Waals surface area contributed by atoms with Crippen LogP contribution in [-0.2, 0) is 11.0 Å². The van der Waals surface area contributed by atoms with E-state index in [1.54, 1.807) is 0 Å².